The number of rotatable bonds is 8. The smallest absolute Gasteiger partial charge is 0.330 e. The van der Waals surface area contributed by atoms with Crippen molar-refractivity contribution < 1.29 is 14.3 Å². The van der Waals surface area contributed by atoms with Crippen LogP contribution in [-0.2, 0) is 14.3 Å². The van der Waals surface area contributed by atoms with Gasteiger partial charge in [0.15, 0.2) is 0 Å². The van der Waals surface area contributed by atoms with Crippen LogP contribution in [0, 0.1) is 0 Å². The molecule has 0 spiro atoms. The zero-order valence-electron chi connectivity index (χ0n) is 9.12. The first-order valence-corrected chi connectivity index (χ1v) is 5.18. The number of hydrogen-bond acceptors (Lipinski definition) is 3. The minimum Gasteiger partial charge on any atom is -0.463 e. The molecule has 3 heteroatoms. The van der Waals surface area contributed by atoms with Gasteiger partial charge in [0.2, 0.25) is 0 Å². The molecule has 14 heavy (non-hydrogen) atoms. The van der Waals surface area contributed by atoms with Crippen molar-refractivity contribution in [1.82, 2.24) is 0 Å². The van der Waals surface area contributed by atoms with E-state index in [1.807, 2.05) is 6.92 Å². The third kappa shape index (κ3) is 9.26. The zero-order valence-corrected chi connectivity index (χ0v) is 9.12. The van der Waals surface area contributed by atoms with Crippen molar-refractivity contribution in [2.45, 2.75) is 33.1 Å². The van der Waals surface area contributed by atoms with E-state index in [2.05, 4.69) is 0 Å². The summed E-state index contributed by atoms with van der Waals surface area (Å²) in [6.07, 6.45) is 6.10. The van der Waals surface area contributed by atoms with Crippen LogP contribution in [0.1, 0.15) is 33.1 Å². The zero-order chi connectivity index (χ0) is 10.6. The maximum absolute atomic E-state index is 10.8. The van der Waals surface area contributed by atoms with Crippen molar-refractivity contribution in [3.8, 4) is 0 Å². The highest BCUT2D eigenvalue weighted by molar-refractivity contribution is 5.81. The highest BCUT2D eigenvalue weighted by Crippen LogP contribution is 1.97. The molecule has 0 aromatic rings. The maximum atomic E-state index is 10.8. The topological polar surface area (TPSA) is 35.5 Å². The molecule has 0 atom stereocenters. The predicted octanol–water partition coefficient (Wildman–Crippen LogP) is 2.31. The first-order valence-electron chi connectivity index (χ1n) is 5.18. The number of allylic oxidation sites excluding steroid dienone is 1. The lowest BCUT2D eigenvalue weighted by atomic mass is 10.2. The predicted molar refractivity (Wildman–Crippen MR) is 56.1 cm³/mol. The third-order valence-corrected chi connectivity index (χ3v) is 1.68. The lowest BCUT2D eigenvalue weighted by Gasteiger charge is -2.02. The number of esters is 1. The summed E-state index contributed by atoms with van der Waals surface area (Å²) in [5.74, 6) is -0.252. The Morgan fingerprint density at radius 2 is 1.93 bits per heavy atom. The van der Waals surface area contributed by atoms with E-state index in [-0.39, 0.29) is 5.97 Å². The first-order chi connectivity index (χ1) is 6.81. The van der Waals surface area contributed by atoms with Gasteiger partial charge < -0.3 is 9.47 Å². The summed E-state index contributed by atoms with van der Waals surface area (Å²) >= 11 is 0. The summed E-state index contributed by atoms with van der Waals surface area (Å²) in [7, 11) is 0. The van der Waals surface area contributed by atoms with Crippen LogP contribution in [-0.4, -0.2) is 25.8 Å². The summed E-state index contributed by atoms with van der Waals surface area (Å²) < 4.78 is 10.1. The van der Waals surface area contributed by atoms with E-state index in [0.717, 1.165) is 32.5 Å². The van der Waals surface area contributed by atoms with Crippen LogP contribution in [0.15, 0.2) is 12.2 Å². The van der Waals surface area contributed by atoms with Gasteiger partial charge in [0, 0.05) is 19.3 Å². The van der Waals surface area contributed by atoms with Gasteiger partial charge in [0.05, 0.1) is 6.61 Å². The average molecular weight is 200 g/mol. The Bertz CT molecular complexity index is 164. The molecule has 0 aliphatic rings. The molecule has 0 saturated carbocycles. The average Bonchev–Trinajstić information content (AvgIpc) is 2.17. The maximum Gasteiger partial charge on any atom is 0.330 e. The van der Waals surface area contributed by atoms with E-state index >= 15 is 0 Å². The number of hydrogen-bond donors (Lipinski definition) is 0. The van der Waals surface area contributed by atoms with Crippen molar-refractivity contribution >= 4 is 5.97 Å². The Labute approximate surface area is 86.1 Å². The number of ether oxygens (including phenoxy) is 2. The summed E-state index contributed by atoms with van der Waals surface area (Å²) in [4.78, 5) is 10.8. The Balaban J connectivity index is 3.09. The molecule has 0 fully saturated rings. The van der Waals surface area contributed by atoms with Gasteiger partial charge in [0.25, 0.3) is 0 Å². The molecule has 3 nitrogen and oxygen atoms in total. The summed E-state index contributed by atoms with van der Waals surface area (Å²) in [5.41, 5.74) is 0. The quantitative estimate of drug-likeness (QED) is 0.342. The van der Waals surface area contributed by atoms with E-state index in [4.69, 9.17) is 9.47 Å². The minimum atomic E-state index is -0.252. The van der Waals surface area contributed by atoms with Crippen LogP contribution in [0.5, 0.6) is 0 Å². The molecule has 0 aromatic heterocycles. The molecule has 0 N–H and O–H groups in total. The SMILES string of the molecule is CC=CC(=O)OCCCCCOCC. The van der Waals surface area contributed by atoms with Crippen molar-refractivity contribution in [2.75, 3.05) is 19.8 Å². The summed E-state index contributed by atoms with van der Waals surface area (Å²) in [6, 6.07) is 0. The molecule has 0 aliphatic carbocycles. The van der Waals surface area contributed by atoms with Gasteiger partial charge in [-0.15, -0.1) is 0 Å². The van der Waals surface area contributed by atoms with Crippen LogP contribution in [0.3, 0.4) is 0 Å². The van der Waals surface area contributed by atoms with Crippen LogP contribution in [0.2, 0.25) is 0 Å². The van der Waals surface area contributed by atoms with E-state index in [1.165, 1.54) is 6.08 Å². The number of carbonyl (C=O) groups is 1. The number of carbonyl (C=O) groups excluding carboxylic acids is 1. The number of unbranched alkanes of at least 4 members (excludes halogenated alkanes) is 2. The lowest BCUT2D eigenvalue weighted by Crippen LogP contribution is -2.02. The molecular weight excluding hydrogens is 180 g/mol. The lowest BCUT2D eigenvalue weighted by molar-refractivity contribution is -0.137. The van der Waals surface area contributed by atoms with E-state index in [1.54, 1.807) is 13.0 Å². The van der Waals surface area contributed by atoms with E-state index in [9.17, 15) is 4.79 Å². The molecule has 0 radical (unpaired) electrons. The molecular formula is C11H20O3. The van der Waals surface area contributed by atoms with Crippen LogP contribution >= 0.6 is 0 Å². The van der Waals surface area contributed by atoms with E-state index < -0.39 is 0 Å². The molecule has 0 aromatic carbocycles. The van der Waals surface area contributed by atoms with Gasteiger partial charge >= 0.3 is 5.97 Å². The van der Waals surface area contributed by atoms with Gasteiger partial charge in [-0.25, -0.2) is 4.79 Å². The van der Waals surface area contributed by atoms with Crippen LogP contribution in [0.4, 0.5) is 0 Å². The minimum absolute atomic E-state index is 0.252. The molecule has 0 bridgehead atoms. The molecule has 0 aliphatic heterocycles. The Morgan fingerprint density at radius 1 is 1.21 bits per heavy atom. The van der Waals surface area contributed by atoms with Crippen molar-refractivity contribution in [1.29, 1.82) is 0 Å². The first kappa shape index (κ1) is 13.2. The van der Waals surface area contributed by atoms with Gasteiger partial charge in [0.1, 0.15) is 0 Å². The molecule has 0 rings (SSSR count). The van der Waals surface area contributed by atoms with Crippen molar-refractivity contribution in [3.63, 3.8) is 0 Å². The van der Waals surface area contributed by atoms with Gasteiger partial charge in [-0.1, -0.05) is 6.08 Å². The summed E-state index contributed by atoms with van der Waals surface area (Å²) in [5, 5.41) is 0. The Kier molecular flexibility index (Phi) is 9.64. The highest BCUT2D eigenvalue weighted by Gasteiger charge is 1.95. The standard InChI is InChI=1S/C11H20O3/c1-3-8-11(12)14-10-7-5-6-9-13-4-2/h3,8H,4-7,9-10H2,1-2H3. The van der Waals surface area contributed by atoms with Crippen molar-refractivity contribution in [2.24, 2.45) is 0 Å². The Hall–Kier alpha value is -0.830. The molecule has 0 saturated heterocycles. The van der Waals surface area contributed by atoms with Crippen molar-refractivity contribution in [3.05, 3.63) is 12.2 Å². The van der Waals surface area contributed by atoms with Gasteiger partial charge in [-0.3, -0.25) is 0 Å². The molecule has 0 amide bonds. The molecule has 0 unspecified atom stereocenters. The summed E-state index contributed by atoms with van der Waals surface area (Å²) in [6.45, 7) is 5.87. The fourth-order valence-electron chi connectivity index (χ4n) is 0.984. The second kappa shape index (κ2) is 10.3. The fraction of sp³-hybridized carbons (Fsp3) is 0.727. The largest absolute Gasteiger partial charge is 0.463 e. The molecule has 82 valence electrons. The monoisotopic (exact) mass is 200 g/mol. The van der Waals surface area contributed by atoms with Gasteiger partial charge in [-0.05, 0) is 33.1 Å². The van der Waals surface area contributed by atoms with Crippen LogP contribution < -0.4 is 0 Å². The van der Waals surface area contributed by atoms with E-state index in [0.29, 0.717) is 6.61 Å². The highest BCUT2D eigenvalue weighted by atomic mass is 16.5. The second-order valence-electron chi connectivity index (χ2n) is 2.93. The fourth-order valence-corrected chi connectivity index (χ4v) is 0.984. The molecule has 0 heterocycles. The second-order valence-corrected chi connectivity index (χ2v) is 2.93. The normalized spacial score (nSPS) is 10.7. The Morgan fingerprint density at radius 3 is 2.57 bits per heavy atom. The van der Waals surface area contributed by atoms with Gasteiger partial charge in [-0.2, -0.15) is 0 Å². The third-order valence-electron chi connectivity index (χ3n) is 1.68. The van der Waals surface area contributed by atoms with Crippen LogP contribution in [0.25, 0.3) is 0 Å².